The first-order chi connectivity index (χ1) is 17.6. The van der Waals surface area contributed by atoms with Crippen LogP contribution < -0.4 is 15.6 Å². The average molecular weight is 501 g/mol. The second kappa shape index (κ2) is 9.07. The molecule has 190 valence electrons. The van der Waals surface area contributed by atoms with Gasteiger partial charge < -0.3 is 19.7 Å². The van der Waals surface area contributed by atoms with E-state index in [0.717, 1.165) is 16.7 Å². The van der Waals surface area contributed by atoms with Gasteiger partial charge >= 0.3 is 5.97 Å². The molecule has 0 unspecified atom stereocenters. The van der Waals surface area contributed by atoms with Gasteiger partial charge in [0.25, 0.3) is 0 Å². The molecule has 1 aromatic heterocycles. The monoisotopic (exact) mass is 500 g/mol. The molecule has 0 saturated carbocycles. The maximum atomic E-state index is 13.5. The van der Waals surface area contributed by atoms with Crippen molar-refractivity contribution in [1.82, 2.24) is 0 Å². The van der Waals surface area contributed by atoms with Gasteiger partial charge in [0, 0.05) is 29.8 Å². The maximum absolute atomic E-state index is 13.5. The van der Waals surface area contributed by atoms with Crippen molar-refractivity contribution in [1.29, 1.82) is 0 Å². The molecule has 0 amide bonds. The highest BCUT2D eigenvalue weighted by atomic mass is 19.1. The number of hydrogen-bond donors (Lipinski definition) is 2. The van der Waals surface area contributed by atoms with E-state index in [9.17, 15) is 19.1 Å². The molecule has 3 aromatic carbocycles. The van der Waals surface area contributed by atoms with Crippen molar-refractivity contribution in [2.24, 2.45) is 0 Å². The second-order valence-electron chi connectivity index (χ2n) is 10.2. The van der Waals surface area contributed by atoms with Crippen molar-refractivity contribution >= 4 is 28.5 Å². The van der Waals surface area contributed by atoms with Gasteiger partial charge in [-0.25, -0.2) is 9.18 Å². The van der Waals surface area contributed by atoms with E-state index in [0.29, 0.717) is 41.2 Å². The number of carboxylic acids is 1. The van der Waals surface area contributed by atoms with Gasteiger partial charge in [-0.1, -0.05) is 37.3 Å². The van der Waals surface area contributed by atoms with Crippen LogP contribution in [0.3, 0.4) is 0 Å². The number of nitrogens with zero attached hydrogens (tertiary/aromatic N) is 1. The summed E-state index contributed by atoms with van der Waals surface area (Å²) in [6, 6.07) is 16.7. The van der Waals surface area contributed by atoms with Gasteiger partial charge in [0.15, 0.2) is 5.43 Å². The molecule has 4 aromatic rings. The van der Waals surface area contributed by atoms with Gasteiger partial charge in [0.05, 0.1) is 22.6 Å². The highest BCUT2D eigenvalue weighted by Crippen LogP contribution is 2.40. The molecule has 2 heterocycles. The zero-order valence-corrected chi connectivity index (χ0v) is 21.3. The summed E-state index contributed by atoms with van der Waals surface area (Å²) in [5, 5.41) is 13.4. The van der Waals surface area contributed by atoms with E-state index >= 15 is 0 Å². The molecule has 1 saturated heterocycles. The number of para-hydroxylation sites is 1. The third-order valence-corrected chi connectivity index (χ3v) is 7.27. The van der Waals surface area contributed by atoms with E-state index in [1.807, 2.05) is 30.9 Å². The van der Waals surface area contributed by atoms with Crippen LogP contribution in [-0.2, 0) is 5.41 Å². The van der Waals surface area contributed by atoms with E-state index in [1.165, 1.54) is 12.1 Å². The molecule has 5 rings (SSSR count). The van der Waals surface area contributed by atoms with Crippen LogP contribution in [0.15, 0.2) is 69.9 Å². The summed E-state index contributed by atoms with van der Waals surface area (Å²) in [6.45, 7) is 9.01. The molecule has 0 bridgehead atoms. The van der Waals surface area contributed by atoms with Gasteiger partial charge in [-0.05, 0) is 62.2 Å². The van der Waals surface area contributed by atoms with E-state index in [1.54, 1.807) is 43.3 Å². The first-order valence-corrected chi connectivity index (χ1v) is 12.3. The number of aryl methyl sites for hydroxylation is 1. The number of halogens is 1. The van der Waals surface area contributed by atoms with Crippen LogP contribution in [0.1, 0.15) is 52.5 Å². The lowest BCUT2D eigenvalue weighted by molar-refractivity contribution is 0.0698. The highest BCUT2D eigenvalue weighted by molar-refractivity contribution is 5.94. The van der Waals surface area contributed by atoms with Crippen LogP contribution >= 0.6 is 0 Å². The Kier molecular flexibility index (Phi) is 6.02. The number of carboxylic acid groups (broad SMARTS) is 1. The minimum absolute atomic E-state index is 0.0882. The second-order valence-corrected chi connectivity index (χ2v) is 10.2. The number of rotatable bonds is 6. The molecule has 1 aliphatic rings. The molecule has 0 spiro atoms. The summed E-state index contributed by atoms with van der Waals surface area (Å²) in [5.74, 6) is -0.757. The Labute approximate surface area is 214 Å². The van der Waals surface area contributed by atoms with Crippen molar-refractivity contribution in [2.45, 2.75) is 39.2 Å². The average Bonchev–Trinajstić information content (AvgIpc) is 2.85. The van der Waals surface area contributed by atoms with Crippen molar-refractivity contribution in [3.8, 4) is 0 Å². The molecule has 1 aliphatic heterocycles. The maximum Gasteiger partial charge on any atom is 0.337 e. The minimum atomic E-state index is -1.02. The van der Waals surface area contributed by atoms with E-state index in [4.69, 9.17) is 4.42 Å². The topological polar surface area (TPSA) is 82.8 Å². The Morgan fingerprint density at radius 3 is 2.46 bits per heavy atom. The summed E-state index contributed by atoms with van der Waals surface area (Å²) < 4.78 is 19.9. The van der Waals surface area contributed by atoms with Gasteiger partial charge in [0.1, 0.15) is 11.4 Å². The van der Waals surface area contributed by atoms with Crippen molar-refractivity contribution in [2.75, 3.05) is 23.3 Å². The fourth-order valence-electron chi connectivity index (χ4n) is 5.26. The minimum Gasteiger partial charge on any atom is -0.478 e. The number of hydrogen-bond acceptors (Lipinski definition) is 5. The van der Waals surface area contributed by atoms with E-state index < -0.39 is 5.97 Å². The summed E-state index contributed by atoms with van der Waals surface area (Å²) in [5.41, 5.74) is 4.15. The Morgan fingerprint density at radius 1 is 1.11 bits per heavy atom. The van der Waals surface area contributed by atoms with Gasteiger partial charge in [-0.15, -0.1) is 0 Å². The molecule has 1 fully saturated rings. The normalized spacial score (nSPS) is 15.3. The molecular weight excluding hydrogens is 471 g/mol. The van der Waals surface area contributed by atoms with Crippen molar-refractivity contribution in [3.05, 3.63) is 105 Å². The smallest absolute Gasteiger partial charge is 0.337 e. The van der Waals surface area contributed by atoms with Crippen LogP contribution in [0.4, 0.5) is 16.0 Å². The Hall–Kier alpha value is -4.13. The zero-order valence-electron chi connectivity index (χ0n) is 21.3. The molecule has 0 aliphatic carbocycles. The fourth-order valence-corrected chi connectivity index (χ4v) is 5.26. The molecular formula is C30H29FN2O4. The number of benzene rings is 3. The van der Waals surface area contributed by atoms with Crippen LogP contribution in [0.25, 0.3) is 11.0 Å². The number of anilines is 2. The lowest BCUT2D eigenvalue weighted by Gasteiger charge is -2.49. The lowest BCUT2D eigenvalue weighted by atomic mass is 9.75. The molecule has 7 heteroatoms. The number of fused-ring (bicyclic) bond motifs is 1. The summed E-state index contributed by atoms with van der Waals surface area (Å²) in [4.78, 5) is 27.2. The first-order valence-electron chi connectivity index (χ1n) is 12.3. The molecule has 0 radical (unpaired) electrons. The predicted octanol–water partition coefficient (Wildman–Crippen LogP) is 6.20. The number of nitrogens with one attached hydrogen (secondary N) is 1. The Bertz CT molecular complexity index is 1570. The van der Waals surface area contributed by atoms with E-state index in [-0.39, 0.29) is 28.3 Å². The van der Waals surface area contributed by atoms with Crippen LogP contribution in [-0.4, -0.2) is 24.2 Å². The number of aromatic carboxylic acids is 1. The third kappa shape index (κ3) is 4.35. The Morgan fingerprint density at radius 2 is 1.78 bits per heavy atom. The fraction of sp³-hybridized carbons (Fsp3) is 0.267. The van der Waals surface area contributed by atoms with Crippen LogP contribution in [0.2, 0.25) is 0 Å². The van der Waals surface area contributed by atoms with Gasteiger partial charge in [0.2, 0.25) is 5.88 Å². The molecule has 1 atom stereocenters. The van der Waals surface area contributed by atoms with Gasteiger partial charge in [-0.3, -0.25) is 4.79 Å². The van der Waals surface area contributed by atoms with E-state index in [2.05, 4.69) is 12.2 Å². The van der Waals surface area contributed by atoms with Crippen molar-refractivity contribution in [3.63, 3.8) is 0 Å². The number of carbonyl (C=O) groups is 1. The molecule has 6 nitrogen and oxygen atoms in total. The molecule has 2 N–H and O–H groups in total. The quantitative estimate of drug-likeness (QED) is 0.328. The van der Waals surface area contributed by atoms with Crippen molar-refractivity contribution < 1.29 is 18.7 Å². The first kappa shape index (κ1) is 24.6. The summed E-state index contributed by atoms with van der Waals surface area (Å²) >= 11 is 0. The standard InChI is InChI=1S/C30H29FN2O4/c1-17-13-23(19(3)32-25-8-6-5-7-22(25)29(35)36)27-24(14-17)26(34)18(2)28(37-27)33-15-30(4,16-33)20-9-11-21(31)12-10-20/h5-14,19,32H,15-16H2,1-4H3,(H,35,36)/t19-/m1/s1. The third-order valence-electron chi connectivity index (χ3n) is 7.27. The van der Waals surface area contributed by atoms with Crippen LogP contribution in [0, 0.1) is 19.7 Å². The zero-order chi connectivity index (χ0) is 26.5. The summed E-state index contributed by atoms with van der Waals surface area (Å²) in [6.07, 6.45) is 0. The predicted molar refractivity (Wildman–Crippen MR) is 143 cm³/mol. The SMILES string of the molecule is Cc1cc([C@@H](C)Nc2ccccc2C(=O)O)c2oc(N3CC(C)(c4ccc(F)cc4)C3)c(C)c(=O)c2c1. The Balaban J connectivity index is 1.53. The largest absolute Gasteiger partial charge is 0.478 e. The lowest BCUT2D eigenvalue weighted by Crippen LogP contribution is -2.58. The highest BCUT2D eigenvalue weighted by Gasteiger charge is 2.42. The van der Waals surface area contributed by atoms with Crippen LogP contribution in [0.5, 0.6) is 0 Å². The summed E-state index contributed by atoms with van der Waals surface area (Å²) in [7, 11) is 0. The van der Waals surface area contributed by atoms with Gasteiger partial charge in [-0.2, -0.15) is 0 Å². The molecule has 37 heavy (non-hydrogen) atoms.